The molecular weight excluding hydrogens is 210 g/mol. The van der Waals surface area contributed by atoms with E-state index in [9.17, 15) is 0 Å². The van der Waals surface area contributed by atoms with Crippen LogP contribution >= 0.6 is 0 Å². The summed E-state index contributed by atoms with van der Waals surface area (Å²) in [5, 5.41) is 3.48. The molecule has 0 spiro atoms. The molecular formula is C15H23NO. The van der Waals surface area contributed by atoms with Gasteiger partial charge in [0.05, 0.1) is 7.11 Å². The van der Waals surface area contributed by atoms with Crippen molar-refractivity contribution in [2.45, 2.75) is 32.2 Å². The first-order chi connectivity index (χ1) is 8.30. The van der Waals surface area contributed by atoms with Gasteiger partial charge in [-0.05, 0) is 43.5 Å². The van der Waals surface area contributed by atoms with Gasteiger partial charge in [0, 0.05) is 6.04 Å². The third-order valence-corrected chi connectivity index (χ3v) is 2.88. The standard InChI is InChI=1S/C15H23NO/c1-4-6-14(16-5-2)10-7-13-8-11-15(17-3)12-9-13/h4,8-9,11-12,14,16H,1,5-7,10H2,2-3H3. The first-order valence-electron chi connectivity index (χ1n) is 6.27. The Hall–Kier alpha value is -1.28. The Morgan fingerprint density at radius 1 is 1.35 bits per heavy atom. The third kappa shape index (κ3) is 5.05. The Morgan fingerprint density at radius 2 is 2.06 bits per heavy atom. The fraction of sp³-hybridized carbons (Fsp3) is 0.467. The van der Waals surface area contributed by atoms with Crippen LogP contribution in [-0.2, 0) is 6.42 Å². The summed E-state index contributed by atoms with van der Waals surface area (Å²) in [7, 11) is 1.69. The van der Waals surface area contributed by atoms with E-state index < -0.39 is 0 Å². The number of hydrogen-bond donors (Lipinski definition) is 1. The van der Waals surface area contributed by atoms with Crippen molar-refractivity contribution < 1.29 is 4.74 Å². The van der Waals surface area contributed by atoms with Gasteiger partial charge < -0.3 is 10.1 Å². The van der Waals surface area contributed by atoms with Gasteiger partial charge in [0.25, 0.3) is 0 Å². The van der Waals surface area contributed by atoms with E-state index in [4.69, 9.17) is 4.74 Å². The molecule has 1 rings (SSSR count). The largest absolute Gasteiger partial charge is 0.497 e. The van der Waals surface area contributed by atoms with Crippen molar-refractivity contribution in [2.24, 2.45) is 0 Å². The highest BCUT2D eigenvalue weighted by molar-refractivity contribution is 5.27. The van der Waals surface area contributed by atoms with Crippen LogP contribution in [-0.4, -0.2) is 19.7 Å². The smallest absolute Gasteiger partial charge is 0.118 e. The Bertz CT molecular complexity index is 318. The zero-order valence-electron chi connectivity index (χ0n) is 10.9. The summed E-state index contributed by atoms with van der Waals surface area (Å²) in [6, 6.07) is 8.85. The molecule has 0 fully saturated rings. The molecule has 0 saturated carbocycles. The maximum Gasteiger partial charge on any atom is 0.118 e. The van der Waals surface area contributed by atoms with Crippen molar-refractivity contribution in [1.82, 2.24) is 5.32 Å². The molecule has 1 N–H and O–H groups in total. The van der Waals surface area contributed by atoms with E-state index in [1.165, 1.54) is 5.56 Å². The number of aryl methyl sites for hydroxylation is 1. The van der Waals surface area contributed by atoms with Crippen LogP contribution in [0, 0.1) is 0 Å². The summed E-state index contributed by atoms with van der Waals surface area (Å²) in [4.78, 5) is 0. The van der Waals surface area contributed by atoms with E-state index >= 15 is 0 Å². The van der Waals surface area contributed by atoms with E-state index in [1.54, 1.807) is 7.11 Å². The molecule has 1 unspecified atom stereocenters. The molecule has 0 aromatic heterocycles. The van der Waals surface area contributed by atoms with Crippen LogP contribution in [0.2, 0.25) is 0 Å². The predicted molar refractivity (Wildman–Crippen MR) is 73.6 cm³/mol. The zero-order valence-corrected chi connectivity index (χ0v) is 10.9. The van der Waals surface area contributed by atoms with Gasteiger partial charge in [-0.3, -0.25) is 0 Å². The minimum Gasteiger partial charge on any atom is -0.497 e. The van der Waals surface area contributed by atoms with Gasteiger partial charge >= 0.3 is 0 Å². The number of ether oxygens (including phenoxy) is 1. The molecule has 1 aromatic carbocycles. The first kappa shape index (κ1) is 13.8. The van der Waals surface area contributed by atoms with Gasteiger partial charge in [0.2, 0.25) is 0 Å². The second-order valence-electron chi connectivity index (χ2n) is 4.17. The van der Waals surface area contributed by atoms with Crippen LogP contribution < -0.4 is 10.1 Å². The monoisotopic (exact) mass is 233 g/mol. The summed E-state index contributed by atoms with van der Waals surface area (Å²) in [6.45, 7) is 6.96. The van der Waals surface area contributed by atoms with Gasteiger partial charge in [0.1, 0.15) is 5.75 Å². The molecule has 2 nitrogen and oxygen atoms in total. The lowest BCUT2D eigenvalue weighted by Crippen LogP contribution is -2.28. The van der Waals surface area contributed by atoms with Crippen LogP contribution in [0.15, 0.2) is 36.9 Å². The number of hydrogen-bond acceptors (Lipinski definition) is 2. The third-order valence-electron chi connectivity index (χ3n) is 2.88. The Labute approximate surface area is 105 Å². The highest BCUT2D eigenvalue weighted by Crippen LogP contribution is 2.13. The molecule has 0 aliphatic heterocycles. The number of nitrogens with one attached hydrogen (secondary N) is 1. The number of benzene rings is 1. The normalized spacial score (nSPS) is 12.1. The maximum absolute atomic E-state index is 5.15. The molecule has 0 radical (unpaired) electrons. The second kappa shape index (κ2) is 7.91. The van der Waals surface area contributed by atoms with Crippen LogP contribution in [0.4, 0.5) is 0 Å². The van der Waals surface area contributed by atoms with E-state index in [2.05, 4.69) is 31.0 Å². The van der Waals surface area contributed by atoms with Crippen molar-refractivity contribution in [1.29, 1.82) is 0 Å². The molecule has 0 saturated heterocycles. The summed E-state index contributed by atoms with van der Waals surface area (Å²) in [5.41, 5.74) is 1.36. The van der Waals surface area contributed by atoms with E-state index in [0.717, 1.165) is 31.6 Å². The van der Waals surface area contributed by atoms with E-state index in [1.807, 2.05) is 18.2 Å². The SMILES string of the molecule is C=CCC(CCc1ccc(OC)cc1)NCC. The predicted octanol–water partition coefficient (Wildman–Crippen LogP) is 3.18. The summed E-state index contributed by atoms with van der Waals surface area (Å²) < 4.78 is 5.15. The van der Waals surface area contributed by atoms with Crippen molar-refractivity contribution in [3.05, 3.63) is 42.5 Å². The molecule has 17 heavy (non-hydrogen) atoms. The van der Waals surface area contributed by atoms with Gasteiger partial charge in [0.15, 0.2) is 0 Å². The molecule has 94 valence electrons. The van der Waals surface area contributed by atoms with E-state index in [0.29, 0.717) is 6.04 Å². The Morgan fingerprint density at radius 3 is 2.59 bits per heavy atom. The Balaban J connectivity index is 2.43. The van der Waals surface area contributed by atoms with Crippen molar-refractivity contribution >= 4 is 0 Å². The molecule has 0 aliphatic carbocycles. The molecule has 1 atom stereocenters. The Kier molecular flexibility index (Phi) is 6.41. The molecule has 0 heterocycles. The van der Waals surface area contributed by atoms with Crippen molar-refractivity contribution in [3.8, 4) is 5.75 Å². The maximum atomic E-state index is 5.15. The number of rotatable bonds is 8. The topological polar surface area (TPSA) is 21.3 Å². The quantitative estimate of drug-likeness (QED) is 0.696. The highest BCUT2D eigenvalue weighted by Gasteiger charge is 2.05. The average Bonchev–Trinajstić information content (AvgIpc) is 2.37. The highest BCUT2D eigenvalue weighted by atomic mass is 16.5. The van der Waals surface area contributed by atoms with Crippen LogP contribution in [0.5, 0.6) is 5.75 Å². The molecule has 2 heteroatoms. The summed E-state index contributed by atoms with van der Waals surface area (Å²) >= 11 is 0. The van der Waals surface area contributed by atoms with Gasteiger partial charge in [-0.1, -0.05) is 25.1 Å². The molecule has 1 aromatic rings. The minimum atomic E-state index is 0.541. The zero-order chi connectivity index (χ0) is 12.5. The first-order valence-corrected chi connectivity index (χ1v) is 6.27. The lowest BCUT2D eigenvalue weighted by molar-refractivity contribution is 0.414. The van der Waals surface area contributed by atoms with Crippen molar-refractivity contribution in [3.63, 3.8) is 0 Å². The minimum absolute atomic E-state index is 0.541. The second-order valence-corrected chi connectivity index (χ2v) is 4.17. The fourth-order valence-electron chi connectivity index (χ4n) is 1.93. The summed E-state index contributed by atoms with van der Waals surface area (Å²) in [5.74, 6) is 0.920. The van der Waals surface area contributed by atoms with Crippen molar-refractivity contribution in [2.75, 3.05) is 13.7 Å². The fourth-order valence-corrected chi connectivity index (χ4v) is 1.93. The van der Waals surface area contributed by atoms with Crippen LogP contribution in [0.1, 0.15) is 25.3 Å². The molecule has 0 amide bonds. The average molecular weight is 233 g/mol. The number of methoxy groups -OCH3 is 1. The van der Waals surface area contributed by atoms with Gasteiger partial charge in [-0.15, -0.1) is 6.58 Å². The summed E-state index contributed by atoms with van der Waals surface area (Å²) in [6.07, 6.45) is 5.26. The van der Waals surface area contributed by atoms with E-state index in [-0.39, 0.29) is 0 Å². The lowest BCUT2D eigenvalue weighted by atomic mass is 10.0. The van der Waals surface area contributed by atoms with Crippen LogP contribution in [0.3, 0.4) is 0 Å². The van der Waals surface area contributed by atoms with Gasteiger partial charge in [-0.25, -0.2) is 0 Å². The van der Waals surface area contributed by atoms with Gasteiger partial charge in [-0.2, -0.15) is 0 Å². The van der Waals surface area contributed by atoms with Crippen LogP contribution in [0.25, 0.3) is 0 Å². The molecule has 0 aliphatic rings. The molecule has 0 bridgehead atoms. The lowest BCUT2D eigenvalue weighted by Gasteiger charge is -2.15.